The maximum absolute atomic E-state index is 5.74. The molecule has 1 aliphatic heterocycles. The van der Waals surface area contributed by atoms with E-state index in [-0.39, 0.29) is 0 Å². The fourth-order valence-electron chi connectivity index (χ4n) is 3.41. The molecule has 0 spiro atoms. The molecule has 0 unspecified atom stereocenters. The highest BCUT2D eigenvalue weighted by molar-refractivity contribution is 5.82. The fraction of sp³-hybridized carbons (Fsp3) is 0.500. The van der Waals surface area contributed by atoms with E-state index >= 15 is 0 Å². The number of furan rings is 1. The van der Waals surface area contributed by atoms with Crippen LogP contribution in [0.3, 0.4) is 0 Å². The number of rotatable bonds is 5. The van der Waals surface area contributed by atoms with Gasteiger partial charge < -0.3 is 14.3 Å². The highest BCUT2D eigenvalue weighted by Gasteiger charge is 2.21. The average Bonchev–Trinajstić information content (AvgIpc) is 3.28. The maximum atomic E-state index is 5.74. The number of imidazole rings is 1. The van der Waals surface area contributed by atoms with E-state index in [1.54, 1.807) is 12.7 Å². The Morgan fingerprint density at radius 2 is 2.00 bits per heavy atom. The number of aromatic nitrogens is 4. The molecule has 0 aliphatic carbocycles. The molecular formula is C18H24N6O. The van der Waals surface area contributed by atoms with E-state index in [4.69, 9.17) is 4.42 Å². The van der Waals surface area contributed by atoms with E-state index in [0.29, 0.717) is 5.92 Å². The van der Waals surface area contributed by atoms with Crippen molar-refractivity contribution in [3.8, 4) is 0 Å². The summed E-state index contributed by atoms with van der Waals surface area (Å²) >= 11 is 0. The molecule has 7 nitrogen and oxygen atoms in total. The summed E-state index contributed by atoms with van der Waals surface area (Å²) in [6, 6.07) is 4.14. The molecule has 3 aromatic heterocycles. The molecule has 1 fully saturated rings. The van der Waals surface area contributed by atoms with Crippen molar-refractivity contribution in [3.63, 3.8) is 0 Å². The molecule has 1 N–H and O–H groups in total. The Bertz CT molecular complexity index is 833. The summed E-state index contributed by atoms with van der Waals surface area (Å²) in [6.45, 7) is 9.37. The Hall–Kier alpha value is -2.41. The van der Waals surface area contributed by atoms with Crippen molar-refractivity contribution in [2.75, 3.05) is 37.6 Å². The van der Waals surface area contributed by atoms with Crippen molar-refractivity contribution in [1.29, 1.82) is 0 Å². The molecule has 0 amide bonds. The molecule has 25 heavy (non-hydrogen) atoms. The number of nitrogens with one attached hydrogen (secondary N) is 1. The van der Waals surface area contributed by atoms with Gasteiger partial charge in [-0.2, -0.15) is 0 Å². The smallest absolute Gasteiger partial charge is 0.182 e. The molecule has 132 valence electrons. The van der Waals surface area contributed by atoms with Gasteiger partial charge in [-0.15, -0.1) is 0 Å². The third kappa shape index (κ3) is 3.37. The molecule has 4 rings (SSSR count). The summed E-state index contributed by atoms with van der Waals surface area (Å²) in [5.41, 5.74) is 1.66. The van der Waals surface area contributed by atoms with Gasteiger partial charge in [0, 0.05) is 32.1 Å². The Labute approximate surface area is 147 Å². The van der Waals surface area contributed by atoms with Gasteiger partial charge in [0.25, 0.3) is 0 Å². The van der Waals surface area contributed by atoms with E-state index in [1.165, 1.54) is 0 Å². The Morgan fingerprint density at radius 1 is 1.16 bits per heavy atom. The molecule has 3 aromatic rings. The number of fused-ring (bicyclic) bond motifs is 1. The van der Waals surface area contributed by atoms with Gasteiger partial charge in [-0.1, -0.05) is 6.92 Å². The van der Waals surface area contributed by atoms with Crippen LogP contribution in [0.2, 0.25) is 0 Å². The lowest BCUT2D eigenvalue weighted by molar-refractivity contribution is 0.245. The zero-order valence-corrected chi connectivity index (χ0v) is 14.8. The van der Waals surface area contributed by atoms with Gasteiger partial charge >= 0.3 is 0 Å². The Kier molecular flexibility index (Phi) is 4.40. The van der Waals surface area contributed by atoms with Crippen LogP contribution in [0.4, 0.5) is 5.82 Å². The lowest BCUT2D eigenvalue weighted by Crippen LogP contribution is -2.47. The van der Waals surface area contributed by atoms with Gasteiger partial charge in [0.15, 0.2) is 11.5 Å². The molecule has 4 heterocycles. The van der Waals surface area contributed by atoms with Crippen LogP contribution in [0, 0.1) is 6.92 Å². The summed E-state index contributed by atoms with van der Waals surface area (Å²) in [4.78, 5) is 20.9. The molecule has 1 atom stereocenters. The van der Waals surface area contributed by atoms with Gasteiger partial charge in [0.2, 0.25) is 0 Å². The molecule has 1 saturated heterocycles. The largest absolute Gasteiger partial charge is 0.466 e. The van der Waals surface area contributed by atoms with Crippen molar-refractivity contribution in [2.24, 2.45) is 0 Å². The van der Waals surface area contributed by atoms with Gasteiger partial charge in [0.05, 0.1) is 6.33 Å². The lowest BCUT2D eigenvalue weighted by atomic mass is 10.0. The van der Waals surface area contributed by atoms with E-state index in [0.717, 1.165) is 67.6 Å². The third-order valence-electron chi connectivity index (χ3n) is 5.00. The second-order valence-corrected chi connectivity index (χ2v) is 6.77. The van der Waals surface area contributed by atoms with Gasteiger partial charge in [-0.3, -0.25) is 4.90 Å². The number of aromatic amines is 1. The van der Waals surface area contributed by atoms with Crippen LogP contribution < -0.4 is 4.90 Å². The predicted molar refractivity (Wildman–Crippen MR) is 96.8 cm³/mol. The maximum Gasteiger partial charge on any atom is 0.182 e. The monoisotopic (exact) mass is 340 g/mol. The van der Waals surface area contributed by atoms with Crippen LogP contribution in [-0.4, -0.2) is 57.6 Å². The summed E-state index contributed by atoms with van der Waals surface area (Å²) in [6.07, 6.45) is 4.39. The van der Waals surface area contributed by atoms with Gasteiger partial charge in [-0.25, -0.2) is 15.0 Å². The SMILES string of the molecule is Cc1ccc([C@@H](C)CCN2CCN(c3ncnc4nc[nH]c34)CC2)o1. The zero-order chi connectivity index (χ0) is 17.2. The highest BCUT2D eigenvalue weighted by Crippen LogP contribution is 2.23. The van der Waals surface area contributed by atoms with E-state index in [2.05, 4.69) is 42.7 Å². The van der Waals surface area contributed by atoms with Crippen LogP contribution in [-0.2, 0) is 0 Å². The van der Waals surface area contributed by atoms with E-state index < -0.39 is 0 Å². The molecule has 0 radical (unpaired) electrons. The summed E-state index contributed by atoms with van der Waals surface area (Å²) in [5.74, 6) is 3.50. The Morgan fingerprint density at radius 3 is 2.76 bits per heavy atom. The molecule has 7 heteroatoms. The van der Waals surface area contributed by atoms with Gasteiger partial charge in [-0.05, 0) is 32.0 Å². The van der Waals surface area contributed by atoms with E-state index in [1.807, 2.05) is 13.0 Å². The lowest BCUT2D eigenvalue weighted by Gasteiger charge is -2.35. The third-order valence-corrected chi connectivity index (χ3v) is 5.00. The minimum absolute atomic E-state index is 0.457. The summed E-state index contributed by atoms with van der Waals surface area (Å²) in [7, 11) is 0. The molecular weight excluding hydrogens is 316 g/mol. The number of anilines is 1. The van der Waals surface area contributed by atoms with E-state index in [9.17, 15) is 0 Å². The normalized spacial score (nSPS) is 17.3. The number of aryl methyl sites for hydroxylation is 1. The number of hydrogen-bond acceptors (Lipinski definition) is 6. The van der Waals surface area contributed by atoms with Crippen LogP contribution in [0.1, 0.15) is 30.8 Å². The second kappa shape index (κ2) is 6.84. The molecule has 0 saturated carbocycles. The number of nitrogens with zero attached hydrogens (tertiary/aromatic N) is 5. The molecule has 0 bridgehead atoms. The van der Waals surface area contributed by atoms with Crippen LogP contribution in [0.25, 0.3) is 11.2 Å². The minimum atomic E-state index is 0.457. The van der Waals surface area contributed by atoms with Crippen LogP contribution in [0.5, 0.6) is 0 Å². The minimum Gasteiger partial charge on any atom is -0.466 e. The standard InChI is InChI=1S/C18H24N6O/c1-13(15-4-3-14(2)25-15)5-6-23-7-9-24(10-8-23)18-16-17(20-11-19-16)21-12-22-18/h3-4,11-13H,5-10H2,1-2H3,(H,19,20,21,22)/t13-/m0/s1. The average molecular weight is 340 g/mol. The van der Waals surface area contributed by atoms with Crippen LogP contribution in [0.15, 0.2) is 29.2 Å². The highest BCUT2D eigenvalue weighted by atomic mass is 16.3. The predicted octanol–water partition coefficient (Wildman–Crippen LogP) is 2.57. The Balaban J connectivity index is 1.32. The van der Waals surface area contributed by atoms with Crippen LogP contribution >= 0.6 is 0 Å². The number of H-pyrrole nitrogens is 1. The first-order valence-corrected chi connectivity index (χ1v) is 8.88. The number of piperazine rings is 1. The first-order valence-electron chi connectivity index (χ1n) is 8.88. The summed E-state index contributed by atoms with van der Waals surface area (Å²) < 4.78 is 5.74. The first kappa shape index (κ1) is 16.1. The quantitative estimate of drug-likeness (QED) is 0.769. The number of hydrogen-bond donors (Lipinski definition) is 1. The van der Waals surface area contributed by atoms with Crippen molar-refractivity contribution >= 4 is 17.0 Å². The van der Waals surface area contributed by atoms with Crippen molar-refractivity contribution < 1.29 is 4.42 Å². The summed E-state index contributed by atoms with van der Waals surface area (Å²) in [5, 5.41) is 0. The zero-order valence-electron chi connectivity index (χ0n) is 14.8. The van der Waals surface area contributed by atoms with Crippen molar-refractivity contribution in [3.05, 3.63) is 36.3 Å². The van der Waals surface area contributed by atoms with Gasteiger partial charge in [0.1, 0.15) is 23.4 Å². The molecule has 1 aliphatic rings. The molecule has 0 aromatic carbocycles. The van der Waals surface area contributed by atoms with Crippen molar-refractivity contribution in [2.45, 2.75) is 26.2 Å². The van der Waals surface area contributed by atoms with Crippen molar-refractivity contribution in [1.82, 2.24) is 24.8 Å². The first-order chi connectivity index (χ1) is 12.2. The topological polar surface area (TPSA) is 74.1 Å². The fourth-order valence-corrected chi connectivity index (χ4v) is 3.41. The second-order valence-electron chi connectivity index (χ2n) is 6.77.